The molecular formula is C10H14N2O. The maximum absolute atomic E-state index is 11.4. The van der Waals surface area contributed by atoms with E-state index in [1.165, 1.54) is 0 Å². The quantitative estimate of drug-likeness (QED) is 0.643. The summed E-state index contributed by atoms with van der Waals surface area (Å²) in [5.41, 5.74) is 0.112. The molecule has 0 saturated heterocycles. The highest BCUT2D eigenvalue weighted by Gasteiger charge is 2.20. The van der Waals surface area contributed by atoms with Crippen LogP contribution < -0.4 is 10.5 Å². The summed E-state index contributed by atoms with van der Waals surface area (Å²) in [6.45, 7) is 6.07. The van der Waals surface area contributed by atoms with Crippen molar-refractivity contribution in [2.75, 3.05) is 11.4 Å². The van der Waals surface area contributed by atoms with Gasteiger partial charge in [0.15, 0.2) is 0 Å². The van der Waals surface area contributed by atoms with Crippen LogP contribution >= 0.6 is 0 Å². The molecule has 2 rings (SSSR count). The summed E-state index contributed by atoms with van der Waals surface area (Å²) < 4.78 is 1.83. The van der Waals surface area contributed by atoms with Crippen LogP contribution in [-0.2, 0) is 6.54 Å². The molecule has 2 heterocycles. The van der Waals surface area contributed by atoms with Gasteiger partial charge in [0.1, 0.15) is 5.82 Å². The Kier molecular flexibility index (Phi) is 1.87. The molecule has 0 fully saturated rings. The van der Waals surface area contributed by atoms with E-state index in [-0.39, 0.29) is 5.56 Å². The van der Waals surface area contributed by atoms with Gasteiger partial charge in [0.2, 0.25) is 0 Å². The summed E-state index contributed by atoms with van der Waals surface area (Å²) in [7, 11) is 0. The Bertz CT molecular complexity index is 367. The van der Waals surface area contributed by atoms with Crippen molar-refractivity contribution < 1.29 is 0 Å². The minimum absolute atomic E-state index is 0.112. The van der Waals surface area contributed by atoms with Gasteiger partial charge in [-0.25, -0.2) is 0 Å². The Morgan fingerprint density at radius 2 is 2.08 bits per heavy atom. The summed E-state index contributed by atoms with van der Waals surface area (Å²) in [4.78, 5) is 13.7. The second-order valence-corrected chi connectivity index (χ2v) is 3.66. The highest BCUT2D eigenvalue weighted by molar-refractivity contribution is 5.43. The number of fused-ring (bicyclic) bond motifs is 1. The molecule has 0 unspecified atom stereocenters. The zero-order valence-electron chi connectivity index (χ0n) is 8.03. The van der Waals surface area contributed by atoms with Gasteiger partial charge in [-0.1, -0.05) is 6.07 Å². The Balaban J connectivity index is 2.49. The van der Waals surface area contributed by atoms with Gasteiger partial charge >= 0.3 is 0 Å². The zero-order valence-corrected chi connectivity index (χ0v) is 8.03. The molecule has 1 aliphatic rings. The summed E-state index contributed by atoms with van der Waals surface area (Å²) in [5.74, 6) is 1.06. The van der Waals surface area contributed by atoms with Crippen molar-refractivity contribution in [1.29, 1.82) is 0 Å². The van der Waals surface area contributed by atoms with E-state index in [1.54, 1.807) is 6.07 Å². The van der Waals surface area contributed by atoms with Crippen LogP contribution in [0.25, 0.3) is 0 Å². The summed E-state index contributed by atoms with van der Waals surface area (Å²) in [6, 6.07) is 5.92. The molecule has 3 heteroatoms. The number of anilines is 1. The van der Waals surface area contributed by atoms with E-state index in [1.807, 2.05) is 16.7 Å². The van der Waals surface area contributed by atoms with Crippen molar-refractivity contribution in [3.63, 3.8) is 0 Å². The van der Waals surface area contributed by atoms with Gasteiger partial charge in [-0.2, -0.15) is 0 Å². The van der Waals surface area contributed by atoms with Crippen molar-refractivity contribution in [2.24, 2.45) is 0 Å². The first-order chi connectivity index (χ1) is 6.20. The van der Waals surface area contributed by atoms with Crippen molar-refractivity contribution >= 4 is 5.82 Å². The van der Waals surface area contributed by atoms with Gasteiger partial charge < -0.3 is 4.90 Å². The molecule has 70 valence electrons. The third kappa shape index (κ3) is 1.24. The van der Waals surface area contributed by atoms with Crippen LogP contribution in [0.2, 0.25) is 0 Å². The van der Waals surface area contributed by atoms with Crippen molar-refractivity contribution in [2.45, 2.75) is 26.4 Å². The second kappa shape index (κ2) is 2.91. The molecular weight excluding hydrogens is 164 g/mol. The molecule has 13 heavy (non-hydrogen) atoms. The minimum atomic E-state index is 0.112. The maximum atomic E-state index is 11.4. The minimum Gasteiger partial charge on any atom is -0.354 e. The van der Waals surface area contributed by atoms with E-state index >= 15 is 0 Å². The number of pyridine rings is 1. The molecule has 1 aromatic heterocycles. The Labute approximate surface area is 77.6 Å². The largest absolute Gasteiger partial charge is 0.354 e. The van der Waals surface area contributed by atoms with Crippen molar-refractivity contribution in [3.05, 3.63) is 28.6 Å². The normalized spacial score (nSPS) is 15.2. The molecule has 0 N–H and O–H groups in total. The average molecular weight is 178 g/mol. The molecule has 1 aliphatic heterocycles. The lowest BCUT2D eigenvalue weighted by molar-refractivity contribution is 0.696. The number of hydrogen-bond acceptors (Lipinski definition) is 2. The van der Waals surface area contributed by atoms with Crippen LogP contribution in [-0.4, -0.2) is 17.2 Å². The van der Waals surface area contributed by atoms with Gasteiger partial charge in [-0.3, -0.25) is 9.36 Å². The fourth-order valence-electron chi connectivity index (χ4n) is 1.83. The molecule has 0 bridgehead atoms. The molecule has 0 amide bonds. The van der Waals surface area contributed by atoms with Crippen molar-refractivity contribution in [1.82, 2.24) is 4.57 Å². The Hall–Kier alpha value is -1.25. The lowest BCUT2D eigenvalue weighted by Crippen LogP contribution is -2.28. The average Bonchev–Trinajstić information content (AvgIpc) is 2.48. The number of rotatable bonds is 1. The van der Waals surface area contributed by atoms with Crippen LogP contribution in [0.15, 0.2) is 23.0 Å². The van der Waals surface area contributed by atoms with E-state index in [0.717, 1.165) is 18.9 Å². The predicted molar refractivity (Wildman–Crippen MR) is 53.2 cm³/mol. The summed E-state index contributed by atoms with van der Waals surface area (Å²) in [5, 5.41) is 0. The first kappa shape index (κ1) is 8.35. The van der Waals surface area contributed by atoms with Crippen LogP contribution in [0.5, 0.6) is 0 Å². The molecule has 1 aromatic rings. The summed E-state index contributed by atoms with van der Waals surface area (Å²) in [6.07, 6.45) is 0. The first-order valence-corrected chi connectivity index (χ1v) is 4.66. The third-order valence-corrected chi connectivity index (χ3v) is 2.51. The molecule has 3 nitrogen and oxygen atoms in total. The monoisotopic (exact) mass is 178 g/mol. The highest BCUT2D eigenvalue weighted by atomic mass is 16.1. The van der Waals surface area contributed by atoms with E-state index in [0.29, 0.717) is 6.04 Å². The molecule has 0 radical (unpaired) electrons. The topological polar surface area (TPSA) is 25.2 Å². The highest BCUT2D eigenvalue weighted by Crippen LogP contribution is 2.20. The summed E-state index contributed by atoms with van der Waals surface area (Å²) >= 11 is 0. The lowest BCUT2D eigenvalue weighted by atomic mass is 10.3. The molecule has 0 aliphatic carbocycles. The number of hydrogen-bond donors (Lipinski definition) is 0. The predicted octanol–water partition coefficient (Wildman–Crippen LogP) is 1.08. The van der Waals surface area contributed by atoms with Crippen LogP contribution in [0.1, 0.15) is 13.8 Å². The van der Waals surface area contributed by atoms with E-state index in [2.05, 4.69) is 18.7 Å². The Morgan fingerprint density at radius 1 is 1.31 bits per heavy atom. The van der Waals surface area contributed by atoms with Gasteiger partial charge in [-0.15, -0.1) is 0 Å². The van der Waals surface area contributed by atoms with Crippen LogP contribution in [0.4, 0.5) is 5.82 Å². The maximum Gasteiger partial charge on any atom is 0.252 e. The lowest BCUT2D eigenvalue weighted by Gasteiger charge is -2.22. The van der Waals surface area contributed by atoms with Gasteiger partial charge in [0.25, 0.3) is 5.56 Å². The molecule has 0 spiro atoms. The number of aromatic nitrogens is 1. The van der Waals surface area contributed by atoms with Crippen LogP contribution in [0, 0.1) is 0 Å². The zero-order chi connectivity index (χ0) is 9.42. The Morgan fingerprint density at radius 3 is 2.77 bits per heavy atom. The molecule has 0 saturated carbocycles. The second-order valence-electron chi connectivity index (χ2n) is 3.66. The van der Waals surface area contributed by atoms with Gasteiger partial charge in [0.05, 0.1) is 0 Å². The fourth-order valence-corrected chi connectivity index (χ4v) is 1.83. The van der Waals surface area contributed by atoms with E-state index < -0.39 is 0 Å². The standard InChI is InChI=1S/C10H14N2O/c1-8(2)11-6-7-12-9(11)4-3-5-10(12)13/h3-5,8H,6-7H2,1-2H3. The smallest absolute Gasteiger partial charge is 0.252 e. The third-order valence-electron chi connectivity index (χ3n) is 2.51. The first-order valence-electron chi connectivity index (χ1n) is 4.66. The van der Waals surface area contributed by atoms with E-state index in [9.17, 15) is 4.79 Å². The fraction of sp³-hybridized carbons (Fsp3) is 0.500. The van der Waals surface area contributed by atoms with E-state index in [4.69, 9.17) is 0 Å². The number of nitrogens with zero attached hydrogens (tertiary/aromatic N) is 2. The molecule has 0 aromatic carbocycles. The van der Waals surface area contributed by atoms with Crippen molar-refractivity contribution in [3.8, 4) is 0 Å². The van der Waals surface area contributed by atoms with Gasteiger partial charge in [-0.05, 0) is 19.9 Å². The van der Waals surface area contributed by atoms with Gasteiger partial charge in [0, 0.05) is 25.2 Å². The molecule has 0 atom stereocenters. The SMILES string of the molecule is CC(C)N1CCn2c1cccc2=O. The van der Waals surface area contributed by atoms with Crippen LogP contribution in [0.3, 0.4) is 0 Å².